The second-order valence-corrected chi connectivity index (χ2v) is 10.9. The van der Waals surface area contributed by atoms with Gasteiger partial charge in [-0.2, -0.15) is 5.10 Å². The van der Waals surface area contributed by atoms with Gasteiger partial charge in [-0.05, 0) is 35.6 Å². The molecule has 0 fully saturated rings. The molecule has 1 aromatic carbocycles. The Morgan fingerprint density at radius 3 is 2.65 bits per heavy atom. The summed E-state index contributed by atoms with van der Waals surface area (Å²) in [5.41, 5.74) is 3.49. The summed E-state index contributed by atoms with van der Waals surface area (Å²) >= 11 is 6.05. The molecule has 0 saturated carbocycles. The molecule has 0 aliphatic carbocycles. The quantitative estimate of drug-likeness (QED) is 0.716. The van der Waals surface area contributed by atoms with E-state index in [2.05, 4.69) is 55.2 Å². The van der Waals surface area contributed by atoms with Crippen LogP contribution < -0.4 is 4.90 Å². The zero-order valence-corrected chi connectivity index (χ0v) is 17.1. The van der Waals surface area contributed by atoms with Gasteiger partial charge in [-0.1, -0.05) is 32.0 Å². The molecule has 0 N–H and O–H groups in total. The Hall–Kier alpha value is -1.88. The van der Waals surface area contributed by atoms with E-state index in [0.29, 0.717) is 6.61 Å². The van der Waals surface area contributed by atoms with Gasteiger partial charge in [0.25, 0.3) is 0 Å². The third-order valence-electron chi connectivity index (χ3n) is 5.10. The summed E-state index contributed by atoms with van der Waals surface area (Å²) in [7, 11) is 3.98. The first-order valence-electron chi connectivity index (χ1n) is 8.49. The van der Waals surface area contributed by atoms with Gasteiger partial charge in [0, 0.05) is 30.9 Å². The van der Waals surface area contributed by atoms with Crippen molar-refractivity contribution in [1.82, 2.24) is 4.78 Å². The summed E-state index contributed by atoms with van der Waals surface area (Å²) in [4.78, 5) is 2.23. The third-order valence-corrected chi connectivity index (χ3v) is 9.00. The molecule has 1 unspecified atom stereocenters. The van der Waals surface area contributed by atoms with Crippen LogP contribution in [0.1, 0.15) is 25.2 Å². The number of fused-ring (bicyclic) bond motifs is 1. The van der Waals surface area contributed by atoms with Crippen LogP contribution in [0.5, 0.6) is 0 Å². The zero-order valence-electron chi connectivity index (χ0n) is 15.3. The molecule has 0 spiro atoms. The van der Waals surface area contributed by atoms with E-state index in [1.54, 1.807) is 11.0 Å². The molecule has 3 heterocycles. The monoisotopic (exact) mass is 387 g/mol. The zero-order chi connectivity index (χ0) is 18.5. The number of benzene rings is 1. The van der Waals surface area contributed by atoms with Gasteiger partial charge in [0.05, 0.1) is 17.8 Å². The van der Waals surface area contributed by atoms with Crippen LogP contribution in [-0.4, -0.2) is 25.1 Å². The molecule has 26 heavy (non-hydrogen) atoms. The number of para-hydroxylation sites is 1. The van der Waals surface area contributed by atoms with Crippen LogP contribution in [-0.2, 0) is 28.4 Å². The van der Waals surface area contributed by atoms with E-state index >= 15 is 0 Å². The maximum absolute atomic E-state index is 6.26. The van der Waals surface area contributed by atoms with E-state index in [0.717, 1.165) is 16.8 Å². The average molecular weight is 387 g/mol. The van der Waals surface area contributed by atoms with E-state index in [-0.39, 0.29) is 5.41 Å². The number of rotatable bonds is 3. The molecule has 0 amide bonds. The van der Waals surface area contributed by atoms with E-state index < -0.39 is 6.42 Å². The molecule has 0 radical (unpaired) electrons. The molecule has 136 valence electrons. The number of hydrogen-bond acceptors (Lipinski definition) is 5. The van der Waals surface area contributed by atoms with Crippen LogP contribution in [0.4, 0.5) is 5.69 Å². The minimum atomic E-state index is -2.48. The van der Waals surface area contributed by atoms with Gasteiger partial charge in [-0.15, -0.1) is 0 Å². The number of hydrogen-bond donors (Lipinski definition) is 0. The highest BCUT2D eigenvalue weighted by atomic mass is 32.4. The van der Waals surface area contributed by atoms with Crippen molar-refractivity contribution in [2.24, 2.45) is 5.10 Å². The van der Waals surface area contributed by atoms with Crippen molar-refractivity contribution < 1.29 is 8.94 Å². The maximum Gasteiger partial charge on any atom is 0.205 e. The van der Waals surface area contributed by atoms with Crippen molar-refractivity contribution in [3.63, 3.8) is 0 Å². The molecule has 0 saturated heterocycles. The van der Waals surface area contributed by atoms with Crippen LogP contribution in [0.3, 0.4) is 0 Å². The second kappa shape index (κ2) is 6.08. The lowest BCUT2D eigenvalue weighted by atomic mass is 9.84. The van der Waals surface area contributed by atoms with E-state index in [1.807, 2.05) is 25.4 Å². The lowest BCUT2D eigenvalue weighted by Crippen LogP contribution is -2.25. The van der Waals surface area contributed by atoms with Crippen molar-refractivity contribution in [3.8, 4) is 0 Å². The number of allylic oxidation sites excluding steroid dienone is 2. The average Bonchev–Trinajstić information content (AvgIpc) is 3.28. The Bertz CT molecular complexity index is 949. The first kappa shape index (κ1) is 17.5. The minimum Gasteiger partial charge on any atom is -0.467 e. The number of furan rings is 1. The lowest BCUT2D eigenvalue weighted by Gasteiger charge is -2.31. The predicted octanol–water partition coefficient (Wildman–Crippen LogP) is 4.68. The normalized spacial score (nSPS) is 26.6. The Morgan fingerprint density at radius 2 is 1.96 bits per heavy atom. The fraction of sp³-hybridized carbons (Fsp3) is 0.316. The molecule has 1 aromatic heterocycles. The van der Waals surface area contributed by atoms with Gasteiger partial charge in [0.2, 0.25) is 6.42 Å². The van der Waals surface area contributed by atoms with Crippen LogP contribution in [0, 0.1) is 0 Å². The third kappa shape index (κ3) is 2.48. The fourth-order valence-corrected chi connectivity index (χ4v) is 6.47. The number of hydrazone groups is 1. The molecule has 2 aliphatic heterocycles. The Balaban J connectivity index is 1.80. The van der Waals surface area contributed by atoms with E-state index in [4.69, 9.17) is 20.7 Å². The maximum atomic E-state index is 6.26. The summed E-state index contributed by atoms with van der Waals surface area (Å²) in [5, 5.41) is 5.50. The summed E-state index contributed by atoms with van der Waals surface area (Å²) in [6.45, 7) is 4.80. The first-order chi connectivity index (χ1) is 12.4. The predicted molar refractivity (Wildman–Crippen MR) is 109 cm³/mol. The van der Waals surface area contributed by atoms with Crippen molar-refractivity contribution in [2.45, 2.75) is 25.9 Å². The van der Waals surface area contributed by atoms with Gasteiger partial charge in [0.1, 0.15) is 12.4 Å². The standard InChI is InChI=1S/C19H22N3O2PS/c1-19(2)15-9-5-6-10-16(15)21(3)18(19)17-12-20-22(4)25(17,26)24-13-14-8-7-11-23-14/h5-12H,13H2,1-4H3. The first-order valence-corrected chi connectivity index (χ1v) is 11.2. The Kier molecular flexibility index (Phi) is 4.10. The summed E-state index contributed by atoms with van der Waals surface area (Å²) < 4.78 is 13.5. The van der Waals surface area contributed by atoms with Crippen molar-refractivity contribution in [3.05, 3.63) is 65.0 Å². The van der Waals surface area contributed by atoms with Crippen molar-refractivity contribution in [2.75, 3.05) is 19.0 Å². The van der Waals surface area contributed by atoms with Crippen LogP contribution >= 0.6 is 6.42 Å². The summed E-state index contributed by atoms with van der Waals surface area (Å²) in [6, 6.07) is 12.2. The molecular formula is C19H22N3O2PS. The second-order valence-electron chi connectivity index (χ2n) is 7.04. The topological polar surface area (TPSA) is 41.2 Å². The number of nitrogens with zero attached hydrogens (tertiary/aromatic N) is 3. The smallest absolute Gasteiger partial charge is 0.205 e. The highest BCUT2D eigenvalue weighted by Crippen LogP contribution is 2.64. The molecule has 0 bridgehead atoms. The lowest BCUT2D eigenvalue weighted by molar-refractivity contribution is 0.279. The minimum absolute atomic E-state index is 0.171. The number of anilines is 1. The van der Waals surface area contributed by atoms with Crippen molar-refractivity contribution >= 4 is 30.1 Å². The van der Waals surface area contributed by atoms with Gasteiger partial charge < -0.3 is 13.8 Å². The molecule has 5 nitrogen and oxygen atoms in total. The van der Waals surface area contributed by atoms with Crippen molar-refractivity contribution in [1.29, 1.82) is 0 Å². The summed E-state index contributed by atoms with van der Waals surface area (Å²) in [5.74, 6) is 0.765. The summed E-state index contributed by atoms with van der Waals surface area (Å²) in [6.07, 6.45) is 1.04. The Morgan fingerprint density at radius 1 is 1.19 bits per heavy atom. The fourth-order valence-electron chi connectivity index (χ4n) is 3.78. The van der Waals surface area contributed by atoms with Crippen LogP contribution in [0.25, 0.3) is 0 Å². The largest absolute Gasteiger partial charge is 0.467 e. The molecular weight excluding hydrogens is 365 g/mol. The van der Waals surface area contributed by atoms with Gasteiger partial charge in [0.15, 0.2) is 0 Å². The van der Waals surface area contributed by atoms with Gasteiger partial charge >= 0.3 is 0 Å². The van der Waals surface area contributed by atoms with Gasteiger partial charge in [-0.25, -0.2) is 4.78 Å². The molecule has 7 heteroatoms. The molecule has 1 atom stereocenters. The highest BCUT2D eigenvalue weighted by molar-refractivity contribution is 8.13. The molecule has 2 aliphatic rings. The number of likely N-dealkylation sites (N-methyl/N-ethyl adjacent to an activating group) is 1. The Labute approximate surface area is 159 Å². The SMILES string of the molecule is CN1C(=C2C=NN(C)P2(=S)OCc2ccco2)C(C)(C)c2ccccc21. The van der Waals surface area contributed by atoms with Crippen LogP contribution in [0.15, 0.2) is 63.2 Å². The van der Waals surface area contributed by atoms with Gasteiger partial charge in [-0.3, -0.25) is 0 Å². The molecule has 2 aromatic rings. The highest BCUT2D eigenvalue weighted by Gasteiger charge is 2.45. The van der Waals surface area contributed by atoms with Crippen LogP contribution in [0.2, 0.25) is 0 Å². The van der Waals surface area contributed by atoms with E-state index in [1.165, 1.54) is 11.3 Å². The molecule has 4 rings (SSSR count). The van der Waals surface area contributed by atoms with E-state index in [9.17, 15) is 0 Å².